The van der Waals surface area contributed by atoms with E-state index in [2.05, 4.69) is 43.1 Å². The van der Waals surface area contributed by atoms with E-state index in [1.54, 1.807) is 0 Å². The van der Waals surface area contributed by atoms with Gasteiger partial charge in [0.1, 0.15) is 0 Å². The third-order valence-electron chi connectivity index (χ3n) is 3.58. The van der Waals surface area contributed by atoms with Gasteiger partial charge in [-0.3, -0.25) is 0 Å². The van der Waals surface area contributed by atoms with E-state index in [1.165, 1.54) is 17.7 Å². The molecule has 2 N–H and O–H groups in total. The Balaban J connectivity index is 2.16. The second-order valence-electron chi connectivity index (χ2n) is 4.57. The molecule has 1 aliphatic rings. The number of nitrogens with two attached hydrogens (primary N) is 1. The Labute approximate surface area is 92.1 Å². The third kappa shape index (κ3) is 1.86. The Hall–Kier alpha value is -1.02. The van der Waals surface area contributed by atoms with E-state index < -0.39 is 0 Å². The molecule has 0 saturated heterocycles. The van der Waals surface area contributed by atoms with Crippen LogP contribution in [0.5, 0.6) is 0 Å². The summed E-state index contributed by atoms with van der Waals surface area (Å²) in [6.07, 6.45) is 2.29. The van der Waals surface area contributed by atoms with Gasteiger partial charge in [0.25, 0.3) is 0 Å². The van der Waals surface area contributed by atoms with E-state index >= 15 is 0 Å². The molecular weight excluding hydrogens is 184 g/mol. The summed E-state index contributed by atoms with van der Waals surface area (Å²) in [4.78, 5) is 2.41. The number of nitrogens with zero attached hydrogens (tertiary/aromatic N) is 1. The molecule has 1 aliphatic heterocycles. The van der Waals surface area contributed by atoms with Gasteiger partial charge in [-0.05, 0) is 36.9 Å². The van der Waals surface area contributed by atoms with E-state index in [-0.39, 0.29) is 0 Å². The fourth-order valence-corrected chi connectivity index (χ4v) is 2.61. The highest BCUT2D eigenvalue weighted by Crippen LogP contribution is 2.34. The maximum Gasteiger partial charge on any atom is 0.0399 e. The van der Waals surface area contributed by atoms with Crippen LogP contribution in [0.1, 0.15) is 18.9 Å². The Morgan fingerprint density at radius 2 is 2.20 bits per heavy atom. The minimum Gasteiger partial charge on any atom is -0.371 e. The van der Waals surface area contributed by atoms with Crippen LogP contribution in [-0.2, 0) is 6.42 Å². The molecule has 0 aliphatic carbocycles. The van der Waals surface area contributed by atoms with Crippen molar-refractivity contribution in [3.05, 3.63) is 29.8 Å². The molecule has 0 bridgehead atoms. The zero-order valence-corrected chi connectivity index (χ0v) is 9.61. The van der Waals surface area contributed by atoms with Crippen LogP contribution in [0.4, 0.5) is 5.69 Å². The number of para-hydroxylation sites is 1. The number of fused-ring (bicyclic) bond motifs is 1. The van der Waals surface area contributed by atoms with Gasteiger partial charge in [0.05, 0.1) is 0 Å². The largest absolute Gasteiger partial charge is 0.371 e. The van der Waals surface area contributed by atoms with Crippen molar-refractivity contribution in [2.24, 2.45) is 11.7 Å². The van der Waals surface area contributed by atoms with Crippen molar-refractivity contribution in [1.29, 1.82) is 0 Å². The Morgan fingerprint density at radius 3 is 2.87 bits per heavy atom. The van der Waals surface area contributed by atoms with Gasteiger partial charge in [-0.15, -0.1) is 0 Å². The minimum absolute atomic E-state index is 0.631. The summed E-state index contributed by atoms with van der Waals surface area (Å²) in [6, 6.07) is 9.32. The average Bonchev–Trinajstić information content (AvgIpc) is 2.57. The minimum atomic E-state index is 0.631. The second kappa shape index (κ2) is 4.23. The first kappa shape index (κ1) is 10.5. The Bertz CT molecular complexity index is 335. The topological polar surface area (TPSA) is 29.3 Å². The van der Waals surface area contributed by atoms with Crippen molar-refractivity contribution in [3.63, 3.8) is 0 Å². The fourth-order valence-electron chi connectivity index (χ4n) is 2.61. The van der Waals surface area contributed by atoms with E-state index in [1.807, 2.05) is 0 Å². The molecule has 0 spiro atoms. The zero-order chi connectivity index (χ0) is 10.8. The second-order valence-corrected chi connectivity index (χ2v) is 4.57. The maximum atomic E-state index is 5.63. The molecule has 1 aromatic carbocycles. The predicted molar refractivity (Wildman–Crippen MR) is 65.2 cm³/mol. The summed E-state index contributed by atoms with van der Waals surface area (Å²) in [5, 5.41) is 0. The number of benzene rings is 1. The zero-order valence-electron chi connectivity index (χ0n) is 9.61. The molecule has 15 heavy (non-hydrogen) atoms. The molecule has 2 heteroatoms. The van der Waals surface area contributed by atoms with Crippen molar-refractivity contribution in [1.82, 2.24) is 0 Å². The molecule has 1 heterocycles. The van der Waals surface area contributed by atoms with Gasteiger partial charge in [-0.1, -0.05) is 25.1 Å². The van der Waals surface area contributed by atoms with E-state index in [0.29, 0.717) is 12.0 Å². The number of anilines is 1. The standard InChI is InChI=1S/C13H20N2/c1-10(7-8-14)13-9-11-5-3-4-6-12(11)15(13)2/h3-6,10,13H,7-9,14H2,1-2H3. The Morgan fingerprint density at radius 1 is 1.47 bits per heavy atom. The first-order valence-corrected chi connectivity index (χ1v) is 5.75. The van der Waals surface area contributed by atoms with E-state index in [4.69, 9.17) is 5.73 Å². The molecule has 1 aromatic rings. The highest BCUT2D eigenvalue weighted by Gasteiger charge is 2.29. The van der Waals surface area contributed by atoms with E-state index in [9.17, 15) is 0 Å². The van der Waals surface area contributed by atoms with Crippen LogP contribution in [0.3, 0.4) is 0 Å². The monoisotopic (exact) mass is 204 g/mol. The van der Waals surface area contributed by atoms with Gasteiger partial charge in [0, 0.05) is 18.8 Å². The maximum absolute atomic E-state index is 5.63. The van der Waals surface area contributed by atoms with Crippen LogP contribution in [-0.4, -0.2) is 19.6 Å². The number of hydrogen-bond acceptors (Lipinski definition) is 2. The van der Waals surface area contributed by atoms with Gasteiger partial charge in [0.15, 0.2) is 0 Å². The molecule has 0 fully saturated rings. The lowest BCUT2D eigenvalue weighted by atomic mass is 9.95. The van der Waals surface area contributed by atoms with Crippen LogP contribution < -0.4 is 10.6 Å². The lowest BCUT2D eigenvalue weighted by Gasteiger charge is -2.28. The molecule has 0 aromatic heterocycles. The Kier molecular flexibility index (Phi) is 2.96. The van der Waals surface area contributed by atoms with Crippen LogP contribution in [0.15, 0.2) is 24.3 Å². The molecule has 0 radical (unpaired) electrons. The van der Waals surface area contributed by atoms with Gasteiger partial charge in [-0.25, -0.2) is 0 Å². The van der Waals surface area contributed by atoms with Crippen molar-refractivity contribution in [3.8, 4) is 0 Å². The predicted octanol–water partition coefficient (Wildman–Crippen LogP) is 2.03. The normalized spacial score (nSPS) is 21.5. The van der Waals surface area contributed by atoms with Crippen LogP contribution >= 0.6 is 0 Å². The van der Waals surface area contributed by atoms with Crippen molar-refractivity contribution in [2.45, 2.75) is 25.8 Å². The summed E-state index contributed by atoms with van der Waals surface area (Å²) in [7, 11) is 2.20. The smallest absolute Gasteiger partial charge is 0.0399 e. The molecular formula is C13H20N2. The molecule has 82 valence electrons. The molecule has 0 saturated carbocycles. The van der Waals surface area contributed by atoms with Crippen LogP contribution in [0, 0.1) is 5.92 Å². The molecule has 2 rings (SSSR count). The van der Waals surface area contributed by atoms with Gasteiger partial charge >= 0.3 is 0 Å². The van der Waals surface area contributed by atoms with Crippen LogP contribution in [0.25, 0.3) is 0 Å². The lowest BCUT2D eigenvalue weighted by molar-refractivity contribution is 0.430. The van der Waals surface area contributed by atoms with Gasteiger partial charge in [0.2, 0.25) is 0 Å². The first-order chi connectivity index (χ1) is 7.24. The SMILES string of the molecule is CC(CCN)C1Cc2ccccc2N1C. The van der Waals surface area contributed by atoms with Crippen molar-refractivity contribution in [2.75, 3.05) is 18.5 Å². The first-order valence-electron chi connectivity index (χ1n) is 5.75. The summed E-state index contributed by atoms with van der Waals surface area (Å²) in [5.74, 6) is 0.674. The average molecular weight is 204 g/mol. The van der Waals surface area contributed by atoms with Gasteiger partial charge < -0.3 is 10.6 Å². The summed E-state index contributed by atoms with van der Waals surface area (Å²) < 4.78 is 0. The molecule has 2 nitrogen and oxygen atoms in total. The summed E-state index contributed by atoms with van der Waals surface area (Å²) in [6.45, 7) is 3.10. The van der Waals surface area contributed by atoms with Crippen LogP contribution in [0.2, 0.25) is 0 Å². The van der Waals surface area contributed by atoms with E-state index in [0.717, 1.165) is 13.0 Å². The summed E-state index contributed by atoms with van der Waals surface area (Å²) in [5.41, 5.74) is 8.50. The highest BCUT2D eigenvalue weighted by atomic mass is 15.2. The summed E-state index contributed by atoms with van der Waals surface area (Å²) >= 11 is 0. The molecule has 2 atom stereocenters. The fraction of sp³-hybridized carbons (Fsp3) is 0.538. The number of likely N-dealkylation sites (N-methyl/N-ethyl adjacent to an activating group) is 1. The number of rotatable bonds is 3. The lowest BCUT2D eigenvalue weighted by Crippen LogP contribution is -2.34. The molecule has 2 unspecified atom stereocenters. The quantitative estimate of drug-likeness (QED) is 0.816. The highest BCUT2D eigenvalue weighted by molar-refractivity contribution is 5.58. The molecule has 0 amide bonds. The van der Waals surface area contributed by atoms with Crippen molar-refractivity contribution >= 4 is 5.69 Å². The third-order valence-corrected chi connectivity index (χ3v) is 3.58. The van der Waals surface area contributed by atoms with Crippen molar-refractivity contribution < 1.29 is 0 Å². The van der Waals surface area contributed by atoms with Gasteiger partial charge in [-0.2, -0.15) is 0 Å². The number of hydrogen-bond donors (Lipinski definition) is 1.